The molecule has 0 aromatic heterocycles. The lowest BCUT2D eigenvalue weighted by molar-refractivity contribution is 0.416. The van der Waals surface area contributed by atoms with Gasteiger partial charge in [-0.05, 0) is 34.5 Å². The molecule has 0 saturated carbocycles. The minimum Gasteiger partial charge on any atom is -0.486 e. The van der Waals surface area contributed by atoms with E-state index in [1.165, 1.54) is 22.3 Å². The molecule has 142 valence electrons. The van der Waals surface area contributed by atoms with Crippen molar-refractivity contribution >= 4 is 17.3 Å². The maximum atomic E-state index is 5.32. The van der Waals surface area contributed by atoms with Crippen LogP contribution in [-0.4, -0.2) is 12.2 Å². The molecule has 0 bridgehead atoms. The van der Waals surface area contributed by atoms with Crippen LogP contribution in [0.5, 0.6) is 0 Å². The molecule has 0 radical (unpaired) electrons. The Bertz CT molecular complexity index is 975. The third-order valence-corrected chi connectivity index (χ3v) is 5.76. The van der Waals surface area contributed by atoms with Gasteiger partial charge in [0.2, 0.25) is 0 Å². The highest BCUT2D eigenvalue weighted by Crippen LogP contribution is 2.44. The fourth-order valence-corrected chi connectivity index (χ4v) is 4.17. The van der Waals surface area contributed by atoms with Gasteiger partial charge in [-0.2, -0.15) is 0 Å². The molecule has 1 nitrogen and oxygen atoms in total. The van der Waals surface area contributed by atoms with E-state index in [-0.39, 0.29) is 0 Å². The van der Waals surface area contributed by atoms with Gasteiger partial charge in [0.1, 0.15) is 0 Å². The topological polar surface area (TPSA) is 9.23 Å². The van der Waals surface area contributed by atoms with Gasteiger partial charge in [-0.15, -0.1) is 0 Å². The molecule has 0 unspecified atom stereocenters. The summed E-state index contributed by atoms with van der Waals surface area (Å²) < 4.78 is 5.25. The average Bonchev–Trinajstić information content (AvgIpc) is 2.82. The third-order valence-electron chi connectivity index (χ3n) is 5.36. The first-order valence-corrected chi connectivity index (χ1v) is 10.0. The van der Waals surface area contributed by atoms with Crippen molar-refractivity contribution in [3.05, 3.63) is 143 Å². The summed E-state index contributed by atoms with van der Waals surface area (Å²) in [5.74, 6) is 0. The molecule has 4 aromatic carbocycles. The first kappa shape index (κ1) is 19.1. The molecule has 2 heteroatoms. The van der Waals surface area contributed by atoms with Gasteiger partial charge in [0.15, 0.2) is 5.05 Å². The fourth-order valence-electron chi connectivity index (χ4n) is 4.04. The van der Waals surface area contributed by atoms with Gasteiger partial charge < -0.3 is 4.74 Å². The summed E-state index contributed by atoms with van der Waals surface area (Å²) in [5.41, 5.74) is 5.33. The van der Waals surface area contributed by atoms with Gasteiger partial charge in [-0.3, -0.25) is 0 Å². The van der Waals surface area contributed by atoms with Gasteiger partial charge >= 0.3 is 0 Å². The van der Waals surface area contributed by atoms with E-state index in [1.807, 2.05) is 12.1 Å². The Labute approximate surface area is 177 Å². The lowest BCUT2D eigenvalue weighted by Crippen LogP contribution is -2.31. The highest BCUT2D eigenvalue weighted by Gasteiger charge is 2.38. The second kappa shape index (κ2) is 8.42. The van der Waals surface area contributed by atoms with E-state index in [9.17, 15) is 0 Å². The van der Waals surface area contributed by atoms with Gasteiger partial charge in [0.05, 0.1) is 12.5 Å². The van der Waals surface area contributed by atoms with Crippen LogP contribution in [0.1, 0.15) is 27.8 Å². The largest absolute Gasteiger partial charge is 0.486 e. The molecule has 29 heavy (non-hydrogen) atoms. The number of rotatable bonds is 5. The van der Waals surface area contributed by atoms with E-state index < -0.39 is 5.41 Å². The smallest absolute Gasteiger partial charge is 0.190 e. The van der Waals surface area contributed by atoms with E-state index >= 15 is 0 Å². The number of benzene rings is 4. The Balaban J connectivity index is 2.04. The van der Waals surface area contributed by atoms with Crippen LogP contribution in [0.3, 0.4) is 0 Å². The van der Waals surface area contributed by atoms with Crippen molar-refractivity contribution in [3.63, 3.8) is 0 Å². The standard InChI is InChI=1S/C27H22OS/c1-28-26(29)21-17-19-25(20-18-21)27(22-11-5-2-6-12-22,23-13-7-3-8-14-23)24-15-9-4-10-16-24/h2-20H,1H3. The Hall–Kier alpha value is -3.23. The molecule has 0 saturated heterocycles. The minimum absolute atomic E-state index is 0.434. The van der Waals surface area contributed by atoms with Crippen LogP contribution in [0.15, 0.2) is 115 Å². The molecule has 0 spiro atoms. The summed E-state index contributed by atoms with van der Waals surface area (Å²) >= 11 is 5.32. The van der Waals surface area contributed by atoms with Crippen LogP contribution in [-0.2, 0) is 10.2 Å². The number of hydrogen-bond acceptors (Lipinski definition) is 2. The van der Waals surface area contributed by atoms with Crippen LogP contribution in [0.25, 0.3) is 0 Å². The van der Waals surface area contributed by atoms with Gasteiger partial charge in [0.25, 0.3) is 0 Å². The Morgan fingerprint density at radius 2 is 0.897 bits per heavy atom. The van der Waals surface area contributed by atoms with Crippen LogP contribution in [0, 0.1) is 0 Å². The van der Waals surface area contributed by atoms with Gasteiger partial charge in [-0.25, -0.2) is 0 Å². The van der Waals surface area contributed by atoms with Gasteiger partial charge in [0, 0.05) is 5.56 Å². The van der Waals surface area contributed by atoms with E-state index in [0.717, 1.165) is 5.56 Å². The van der Waals surface area contributed by atoms with Crippen LogP contribution in [0.4, 0.5) is 0 Å². The molecule has 0 heterocycles. The highest BCUT2D eigenvalue weighted by molar-refractivity contribution is 7.80. The van der Waals surface area contributed by atoms with Crippen molar-refractivity contribution in [1.82, 2.24) is 0 Å². The van der Waals surface area contributed by atoms with Crippen molar-refractivity contribution < 1.29 is 4.74 Å². The first-order valence-electron chi connectivity index (χ1n) is 9.62. The number of hydrogen-bond donors (Lipinski definition) is 0. The molecule has 0 aliphatic carbocycles. The summed E-state index contributed by atoms with van der Waals surface area (Å²) in [6.07, 6.45) is 0. The molecular weight excluding hydrogens is 372 g/mol. The van der Waals surface area contributed by atoms with Crippen LogP contribution >= 0.6 is 12.2 Å². The molecule has 0 atom stereocenters. The Kier molecular flexibility index (Phi) is 5.55. The minimum atomic E-state index is -0.434. The van der Waals surface area contributed by atoms with Crippen molar-refractivity contribution in [2.75, 3.05) is 7.11 Å². The number of ether oxygens (including phenoxy) is 1. The summed E-state index contributed by atoms with van der Waals surface area (Å²) in [7, 11) is 1.61. The molecule has 0 N–H and O–H groups in total. The predicted molar refractivity (Wildman–Crippen MR) is 123 cm³/mol. The van der Waals surface area contributed by atoms with E-state index in [2.05, 4.69) is 103 Å². The predicted octanol–water partition coefficient (Wildman–Crippen LogP) is 6.39. The lowest BCUT2D eigenvalue weighted by Gasteiger charge is -2.37. The lowest BCUT2D eigenvalue weighted by atomic mass is 9.65. The van der Waals surface area contributed by atoms with E-state index in [1.54, 1.807) is 7.11 Å². The molecule has 0 fully saturated rings. The molecule has 0 aliphatic rings. The maximum absolute atomic E-state index is 5.32. The quantitative estimate of drug-likeness (QED) is 0.286. The summed E-state index contributed by atoms with van der Waals surface area (Å²) in [4.78, 5) is 0. The molecule has 4 rings (SSSR count). The van der Waals surface area contributed by atoms with Crippen LogP contribution < -0.4 is 0 Å². The molecule has 0 amide bonds. The van der Waals surface area contributed by atoms with E-state index in [0.29, 0.717) is 5.05 Å². The molecular formula is C27H22OS. The zero-order valence-electron chi connectivity index (χ0n) is 16.3. The maximum Gasteiger partial charge on any atom is 0.190 e. The summed E-state index contributed by atoms with van der Waals surface area (Å²) in [5, 5.41) is 0.501. The average molecular weight is 395 g/mol. The second-order valence-electron chi connectivity index (χ2n) is 6.92. The Morgan fingerprint density at radius 1 is 0.552 bits per heavy atom. The van der Waals surface area contributed by atoms with Crippen molar-refractivity contribution in [3.8, 4) is 0 Å². The first-order chi connectivity index (χ1) is 14.3. The van der Waals surface area contributed by atoms with Crippen molar-refractivity contribution in [2.24, 2.45) is 0 Å². The summed E-state index contributed by atoms with van der Waals surface area (Å²) in [6.45, 7) is 0. The fraction of sp³-hybridized carbons (Fsp3) is 0.0741. The van der Waals surface area contributed by atoms with Crippen molar-refractivity contribution in [1.29, 1.82) is 0 Å². The van der Waals surface area contributed by atoms with Crippen LogP contribution in [0.2, 0.25) is 0 Å². The number of methoxy groups -OCH3 is 1. The monoisotopic (exact) mass is 394 g/mol. The van der Waals surface area contributed by atoms with Crippen molar-refractivity contribution in [2.45, 2.75) is 5.41 Å². The third kappa shape index (κ3) is 3.48. The van der Waals surface area contributed by atoms with Gasteiger partial charge in [-0.1, -0.05) is 115 Å². The SMILES string of the molecule is COC(=S)c1ccc(C(c2ccccc2)(c2ccccc2)c2ccccc2)cc1. The zero-order valence-corrected chi connectivity index (χ0v) is 17.1. The highest BCUT2D eigenvalue weighted by atomic mass is 32.1. The normalized spacial score (nSPS) is 11.1. The molecule has 4 aromatic rings. The van der Waals surface area contributed by atoms with E-state index in [4.69, 9.17) is 17.0 Å². The Morgan fingerprint density at radius 3 is 1.24 bits per heavy atom. The zero-order chi connectivity index (χ0) is 20.1. The molecule has 0 aliphatic heterocycles. The second-order valence-corrected chi connectivity index (χ2v) is 7.29. The summed E-state index contributed by atoms with van der Waals surface area (Å²) in [6, 6.07) is 40.4. The number of thiocarbonyl (C=S) groups is 1.